The van der Waals surface area contributed by atoms with Crippen LogP contribution < -0.4 is 14.7 Å². The van der Waals surface area contributed by atoms with Gasteiger partial charge in [0.15, 0.2) is 6.04 Å². The van der Waals surface area contributed by atoms with Crippen molar-refractivity contribution in [2.45, 2.75) is 50.6 Å². The summed E-state index contributed by atoms with van der Waals surface area (Å²) in [6.07, 6.45) is 6.90. The fourth-order valence-corrected chi connectivity index (χ4v) is 5.00. The number of hydrogen-bond acceptors (Lipinski definition) is 2. The van der Waals surface area contributed by atoms with Gasteiger partial charge in [0, 0.05) is 0 Å². The molecule has 1 aromatic rings. The largest absolute Gasteiger partial charge is 0.323 e. The van der Waals surface area contributed by atoms with Crippen LogP contribution in [0.25, 0.3) is 0 Å². The number of rotatable bonds is 3. The first kappa shape index (κ1) is 17.6. The summed E-state index contributed by atoms with van der Waals surface area (Å²) < 4.78 is 14.1. The average molecular weight is 361 g/mol. The normalized spacial score (nSPS) is 30.8. The quantitative estimate of drug-likeness (QED) is 0.718. The fraction of sp³-hybridized carbons (Fsp3) is 0.600. The van der Waals surface area contributed by atoms with E-state index in [-0.39, 0.29) is 30.0 Å². The number of amides is 2. The van der Waals surface area contributed by atoms with Gasteiger partial charge in [0.05, 0.1) is 18.2 Å². The molecule has 1 aromatic carbocycles. The molecule has 1 aliphatic carbocycles. The van der Waals surface area contributed by atoms with Crippen molar-refractivity contribution in [1.82, 2.24) is 0 Å². The Morgan fingerprint density at radius 1 is 0.923 bits per heavy atom. The zero-order valence-corrected chi connectivity index (χ0v) is 15.2. The summed E-state index contributed by atoms with van der Waals surface area (Å²) in [5, 5.41) is 0. The number of nitrogens with one attached hydrogen (secondary N) is 2. The summed E-state index contributed by atoms with van der Waals surface area (Å²) >= 11 is 0. The van der Waals surface area contributed by atoms with Crippen LogP contribution in [-0.2, 0) is 9.59 Å². The molecule has 1 atom stereocenters. The van der Waals surface area contributed by atoms with Crippen molar-refractivity contribution >= 4 is 17.5 Å². The van der Waals surface area contributed by atoms with Crippen molar-refractivity contribution < 1.29 is 23.8 Å². The van der Waals surface area contributed by atoms with E-state index in [1.54, 1.807) is 17.0 Å². The van der Waals surface area contributed by atoms with Crippen molar-refractivity contribution in [3.63, 3.8) is 0 Å². The molecule has 5 nitrogen and oxygen atoms in total. The van der Waals surface area contributed by atoms with Crippen LogP contribution in [-0.4, -0.2) is 50.1 Å². The van der Waals surface area contributed by atoms with Gasteiger partial charge in [0.25, 0.3) is 5.91 Å². The zero-order chi connectivity index (χ0) is 18.1. The number of carbonyl (C=O) groups is 2. The Morgan fingerprint density at radius 2 is 1.58 bits per heavy atom. The summed E-state index contributed by atoms with van der Waals surface area (Å²) in [6.45, 7) is 3.97. The minimum Gasteiger partial charge on any atom is -0.323 e. The van der Waals surface area contributed by atoms with Gasteiger partial charge in [-0.05, 0) is 37.8 Å². The fourth-order valence-electron chi connectivity index (χ4n) is 5.00. The maximum absolute atomic E-state index is 14.1. The molecule has 140 valence electrons. The lowest BCUT2D eigenvalue weighted by atomic mass is 9.93. The number of anilines is 1. The number of imide groups is 1. The van der Waals surface area contributed by atoms with Gasteiger partial charge in [0.1, 0.15) is 32.0 Å². The van der Waals surface area contributed by atoms with E-state index in [1.807, 2.05) is 0 Å². The summed E-state index contributed by atoms with van der Waals surface area (Å²) in [6, 6.07) is 6.46. The molecule has 6 heteroatoms. The Kier molecular flexibility index (Phi) is 5.05. The Morgan fingerprint density at radius 3 is 2.27 bits per heavy atom. The molecule has 0 radical (unpaired) electrons. The Labute approximate surface area is 153 Å². The molecule has 2 aliphatic heterocycles. The SMILES string of the molecule is O=C1C[C@@H]([NH+]2CC[NH+](C3CCCCC3)CC2)C(=O)N1c1ccccc1F. The highest BCUT2D eigenvalue weighted by Gasteiger charge is 2.48. The van der Waals surface area contributed by atoms with Crippen LogP contribution in [0.4, 0.5) is 10.1 Å². The molecule has 26 heavy (non-hydrogen) atoms. The molecule has 1 saturated carbocycles. The smallest absolute Gasteiger partial charge is 0.292 e. The maximum atomic E-state index is 14.1. The lowest BCUT2D eigenvalue weighted by Gasteiger charge is -2.37. The summed E-state index contributed by atoms with van der Waals surface area (Å²) in [5.74, 6) is -1.03. The molecular formula is C20H28FN3O2+2. The maximum Gasteiger partial charge on any atom is 0.292 e. The number of hydrogen-bond donors (Lipinski definition) is 2. The van der Waals surface area contributed by atoms with Gasteiger partial charge < -0.3 is 9.80 Å². The highest BCUT2D eigenvalue weighted by Crippen LogP contribution is 2.24. The molecule has 2 heterocycles. The van der Waals surface area contributed by atoms with Crippen molar-refractivity contribution in [2.75, 3.05) is 31.1 Å². The van der Waals surface area contributed by atoms with Crippen LogP contribution in [0, 0.1) is 5.82 Å². The number of benzene rings is 1. The van der Waals surface area contributed by atoms with Gasteiger partial charge in [-0.25, -0.2) is 9.29 Å². The van der Waals surface area contributed by atoms with E-state index >= 15 is 0 Å². The first-order valence-electron chi connectivity index (χ1n) is 9.95. The number of piperazine rings is 1. The molecule has 0 bridgehead atoms. The van der Waals surface area contributed by atoms with Crippen LogP contribution in [0.2, 0.25) is 0 Å². The number of halogens is 1. The predicted octanol–water partition coefficient (Wildman–Crippen LogP) is -0.426. The van der Waals surface area contributed by atoms with Gasteiger partial charge in [-0.2, -0.15) is 0 Å². The first-order valence-corrected chi connectivity index (χ1v) is 9.95. The van der Waals surface area contributed by atoms with Gasteiger partial charge in [-0.1, -0.05) is 18.6 Å². The second-order valence-electron chi connectivity index (χ2n) is 7.93. The van der Waals surface area contributed by atoms with Gasteiger partial charge in [-0.15, -0.1) is 0 Å². The van der Waals surface area contributed by atoms with E-state index < -0.39 is 5.82 Å². The van der Waals surface area contributed by atoms with Crippen molar-refractivity contribution in [2.24, 2.45) is 0 Å². The Bertz CT molecular complexity index is 681. The highest BCUT2D eigenvalue weighted by molar-refractivity contribution is 6.21. The third kappa shape index (κ3) is 3.28. The molecule has 2 saturated heterocycles. The number of quaternary nitrogens is 2. The Balaban J connectivity index is 1.41. The highest BCUT2D eigenvalue weighted by atomic mass is 19.1. The second kappa shape index (κ2) is 7.45. The van der Waals surface area contributed by atoms with E-state index in [1.165, 1.54) is 49.1 Å². The molecule has 3 fully saturated rings. The van der Waals surface area contributed by atoms with Crippen LogP contribution in [0.3, 0.4) is 0 Å². The average Bonchev–Trinajstić information content (AvgIpc) is 2.97. The van der Waals surface area contributed by atoms with Gasteiger partial charge in [-0.3, -0.25) is 9.59 Å². The minimum atomic E-state index is -0.517. The zero-order valence-electron chi connectivity index (χ0n) is 15.2. The molecule has 0 aromatic heterocycles. The van der Waals surface area contributed by atoms with Crippen LogP contribution in [0.1, 0.15) is 38.5 Å². The van der Waals surface area contributed by atoms with Crippen molar-refractivity contribution in [3.05, 3.63) is 30.1 Å². The Hall–Kier alpha value is -1.79. The molecule has 0 unspecified atom stereocenters. The van der Waals surface area contributed by atoms with Crippen LogP contribution in [0.5, 0.6) is 0 Å². The minimum absolute atomic E-state index is 0.0934. The summed E-state index contributed by atoms with van der Waals surface area (Å²) in [5.41, 5.74) is 0.0934. The van der Waals surface area contributed by atoms with E-state index in [9.17, 15) is 14.0 Å². The number of nitrogens with zero attached hydrogens (tertiary/aromatic N) is 1. The molecular weight excluding hydrogens is 333 g/mol. The molecule has 4 rings (SSSR count). The first-order chi connectivity index (χ1) is 12.6. The molecule has 2 amide bonds. The monoisotopic (exact) mass is 361 g/mol. The van der Waals surface area contributed by atoms with Crippen molar-refractivity contribution in [3.8, 4) is 0 Å². The molecule has 0 spiro atoms. The topological polar surface area (TPSA) is 46.3 Å². The van der Waals surface area contributed by atoms with E-state index in [0.29, 0.717) is 0 Å². The summed E-state index contributed by atoms with van der Waals surface area (Å²) in [4.78, 5) is 29.2. The van der Waals surface area contributed by atoms with E-state index in [0.717, 1.165) is 37.1 Å². The number of carbonyl (C=O) groups excluding carboxylic acids is 2. The van der Waals surface area contributed by atoms with Crippen molar-refractivity contribution in [1.29, 1.82) is 0 Å². The second-order valence-corrected chi connectivity index (χ2v) is 7.93. The van der Waals surface area contributed by atoms with E-state index in [4.69, 9.17) is 0 Å². The third-order valence-electron chi connectivity index (χ3n) is 6.45. The lowest BCUT2D eigenvalue weighted by molar-refractivity contribution is -1.03. The van der Waals surface area contributed by atoms with Gasteiger partial charge >= 0.3 is 0 Å². The van der Waals surface area contributed by atoms with Crippen LogP contribution in [0.15, 0.2) is 24.3 Å². The lowest BCUT2D eigenvalue weighted by Crippen LogP contribution is -3.31. The molecule has 3 aliphatic rings. The predicted molar refractivity (Wildman–Crippen MR) is 95.6 cm³/mol. The standard InChI is InChI=1S/C20H26FN3O2/c21-16-8-4-5-9-17(16)24-19(25)14-18(20(24)26)23-12-10-22(11-13-23)15-6-2-1-3-7-15/h4-5,8-9,15,18H,1-3,6-7,10-14H2/p+2/t18-/m1/s1. The van der Waals surface area contributed by atoms with Gasteiger partial charge in [0.2, 0.25) is 5.91 Å². The third-order valence-corrected chi connectivity index (χ3v) is 6.45. The molecule has 2 N–H and O–H groups in total. The van der Waals surface area contributed by atoms with Crippen LogP contribution >= 0.6 is 0 Å². The summed E-state index contributed by atoms with van der Waals surface area (Å²) in [7, 11) is 0. The number of para-hydroxylation sites is 1. The van der Waals surface area contributed by atoms with E-state index in [2.05, 4.69) is 0 Å².